The largest absolute Gasteiger partial charge is 0.495 e. The highest BCUT2D eigenvalue weighted by Gasteiger charge is 2.24. The molecule has 1 unspecified atom stereocenters. The third kappa shape index (κ3) is 6.45. The van der Waals surface area contributed by atoms with Crippen LogP contribution in [0.1, 0.15) is 19.3 Å². The van der Waals surface area contributed by atoms with E-state index in [1.807, 2.05) is 18.2 Å². The number of ether oxygens (including phenoxy) is 1. The number of benzene rings is 1. The molecule has 0 spiro atoms. The van der Waals surface area contributed by atoms with Crippen LogP contribution < -0.4 is 20.7 Å². The minimum atomic E-state index is 0. The van der Waals surface area contributed by atoms with Crippen LogP contribution in [0.3, 0.4) is 0 Å². The van der Waals surface area contributed by atoms with Crippen molar-refractivity contribution in [3.05, 3.63) is 24.3 Å². The van der Waals surface area contributed by atoms with Crippen LogP contribution >= 0.6 is 24.8 Å². The van der Waals surface area contributed by atoms with E-state index in [4.69, 9.17) is 10.5 Å². The highest BCUT2D eigenvalue weighted by Crippen LogP contribution is 2.31. The molecule has 2 rings (SSSR count). The summed E-state index contributed by atoms with van der Waals surface area (Å²) in [6.45, 7) is 3.27. The zero-order valence-electron chi connectivity index (χ0n) is 13.5. The molecule has 7 heteroatoms. The maximum Gasteiger partial charge on any atom is 0.220 e. The quantitative estimate of drug-likeness (QED) is 0.779. The van der Waals surface area contributed by atoms with E-state index in [9.17, 15) is 4.79 Å². The Hall–Kier alpha value is -1.17. The Morgan fingerprint density at radius 3 is 2.83 bits per heavy atom. The van der Waals surface area contributed by atoms with E-state index in [0.29, 0.717) is 18.9 Å². The van der Waals surface area contributed by atoms with Crippen molar-refractivity contribution >= 4 is 36.4 Å². The summed E-state index contributed by atoms with van der Waals surface area (Å²) in [7, 11) is 1.70. The average molecular weight is 364 g/mol. The van der Waals surface area contributed by atoms with Gasteiger partial charge in [0.05, 0.1) is 12.8 Å². The topological polar surface area (TPSA) is 67.6 Å². The van der Waals surface area contributed by atoms with E-state index in [0.717, 1.165) is 43.9 Å². The van der Waals surface area contributed by atoms with Crippen LogP contribution in [0, 0.1) is 5.92 Å². The lowest BCUT2D eigenvalue weighted by atomic mass is 10.1. The molecule has 1 atom stereocenters. The Labute approximate surface area is 150 Å². The monoisotopic (exact) mass is 363 g/mol. The average Bonchev–Trinajstić information content (AvgIpc) is 2.99. The molecule has 23 heavy (non-hydrogen) atoms. The van der Waals surface area contributed by atoms with Gasteiger partial charge in [0.2, 0.25) is 5.91 Å². The summed E-state index contributed by atoms with van der Waals surface area (Å²) in [5.74, 6) is 1.51. The van der Waals surface area contributed by atoms with Crippen molar-refractivity contribution in [2.24, 2.45) is 11.7 Å². The maximum absolute atomic E-state index is 11.6. The number of amides is 1. The van der Waals surface area contributed by atoms with Crippen LogP contribution in [0.15, 0.2) is 24.3 Å². The van der Waals surface area contributed by atoms with Crippen LogP contribution in [0.5, 0.6) is 5.75 Å². The standard InChI is InChI=1S/C16H25N3O2.2ClH/c1-21-15-6-3-2-5-14(15)19-10-8-13(12-19)11-18-16(20)7-4-9-17;;/h2-3,5-6,13H,4,7-12,17H2,1H3,(H,18,20);2*1H. The Balaban J connectivity index is 0.00000242. The predicted molar refractivity (Wildman–Crippen MR) is 99.1 cm³/mol. The Bertz CT molecular complexity index is 474. The van der Waals surface area contributed by atoms with E-state index < -0.39 is 0 Å². The molecule has 1 aromatic carbocycles. The van der Waals surface area contributed by atoms with Crippen LogP contribution in [0.25, 0.3) is 0 Å². The number of para-hydroxylation sites is 2. The first-order chi connectivity index (χ1) is 10.2. The molecule has 0 radical (unpaired) electrons. The molecule has 1 amide bonds. The number of nitrogens with two attached hydrogens (primary N) is 1. The number of nitrogens with zero attached hydrogens (tertiary/aromatic N) is 1. The summed E-state index contributed by atoms with van der Waals surface area (Å²) in [6.07, 6.45) is 2.37. The van der Waals surface area contributed by atoms with Crippen LogP contribution in [-0.2, 0) is 4.79 Å². The maximum atomic E-state index is 11.6. The molecule has 0 aromatic heterocycles. The van der Waals surface area contributed by atoms with Gasteiger partial charge in [-0.15, -0.1) is 24.8 Å². The van der Waals surface area contributed by atoms with Gasteiger partial charge in [-0.3, -0.25) is 4.79 Å². The molecular formula is C16H27Cl2N3O2. The molecule has 1 aliphatic heterocycles. The van der Waals surface area contributed by atoms with E-state index in [2.05, 4.69) is 16.3 Å². The fourth-order valence-corrected chi connectivity index (χ4v) is 2.72. The summed E-state index contributed by atoms with van der Waals surface area (Å²) in [5.41, 5.74) is 6.54. The van der Waals surface area contributed by atoms with Crippen LogP contribution in [0.4, 0.5) is 5.69 Å². The highest BCUT2D eigenvalue weighted by atomic mass is 35.5. The van der Waals surface area contributed by atoms with Gasteiger partial charge in [0.15, 0.2) is 0 Å². The summed E-state index contributed by atoms with van der Waals surface area (Å²) in [4.78, 5) is 13.9. The number of nitrogens with one attached hydrogen (secondary N) is 1. The van der Waals surface area contributed by atoms with Crippen LogP contribution in [0.2, 0.25) is 0 Å². The first-order valence-electron chi connectivity index (χ1n) is 7.59. The minimum absolute atomic E-state index is 0. The first-order valence-corrected chi connectivity index (χ1v) is 7.59. The van der Waals surface area contributed by atoms with E-state index >= 15 is 0 Å². The number of hydrogen-bond donors (Lipinski definition) is 2. The SMILES string of the molecule is COc1ccccc1N1CCC(CNC(=O)CCCN)C1.Cl.Cl. The van der Waals surface area contributed by atoms with Gasteiger partial charge in [0.1, 0.15) is 5.75 Å². The van der Waals surface area contributed by atoms with Gasteiger partial charge < -0.3 is 20.7 Å². The third-order valence-corrected chi connectivity index (χ3v) is 3.91. The molecule has 1 aliphatic rings. The molecule has 1 fully saturated rings. The predicted octanol–water partition coefficient (Wildman–Crippen LogP) is 2.22. The number of hydrogen-bond acceptors (Lipinski definition) is 4. The molecule has 1 saturated heterocycles. The Morgan fingerprint density at radius 1 is 1.39 bits per heavy atom. The summed E-state index contributed by atoms with van der Waals surface area (Å²) < 4.78 is 5.41. The molecule has 0 bridgehead atoms. The lowest BCUT2D eigenvalue weighted by molar-refractivity contribution is -0.121. The molecule has 0 aliphatic carbocycles. The second-order valence-corrected chi connectivity index (χ2v) is 5.47. The second-order valence-electron chi connectivity index (χ2n) is 5.47. The highest BCUT2D eigenvalue weighted by molar-refractivity contribution is 5.85. The van der Waals surface area contributed by atoms with Crippen molar-refractivity contribution < 1.29 is 9.53 Å². The molecule has 0 saturated carbocycles. The number of anilines is 1. The summed E-state index contributed by atoms with van der Waals surface area (Å²) in [6, 6.07) is 8.08. The summed E-state index contributed by atoms with van der Waals surface area (Å²) in [5, 5.41) is 3.01. The summed E-state index contributed by atoms with van der Waals surface area (Å²) >= 11 is 0. The van der Waals surface area contributed by atoms with Crippen molar-refractivity contribution in [2.45, 2.75) is 19.3 Å². The van der Waals surface area contributed by atoms with E-state index in [1.54, 1.807) is 7.11 Å². The fourth-order valence-electron chi connectivity index (χ4n) is 2.72. The van der Waals surface area contributed by atoms with Crippen molar-refractivity contribution in [3.63, 3.8) is 0 Å². The van der Waals surface area contributed by atoms with Gasteiger partial charge in [0.25, 0.3) is 0 Å². The van der Waals surface area contributed by atoms with Gasteiger partial charge >= 0.3 is 0 Å². The lowest BCUT2D eigenvalue weighted by Crippen LogP contribution is -2.31. The fraction of sp³-hybridized carbons (Fsp3) is 0.562. The van der Waals surface area contributed by atoms with Crippen molar-refractivity contribution in [1.29, 1.82) is 0 Å². The van der Waals surface area contributed by atoms with E-state index in [1.165, 1.54) is 0 Å². The number of halogens is 2. The second kappa shape index (κ2) is 11.4. The minimum Gasteiger partial charge on any atom is -0.495 e. The normalized spacial score (nSPS) is 16.3. The lowest BCUT2D eigenvalue weighted by Gasteiger charge is -2.21. The third-order valence-electron chi connectivity index (χ3n) is 3.91. The van der Waals surface area contributed by atoms with Crippen molar-refractivity contribution in [1.82, 2.24) is 5.32 Å². The Kier molecular flexibility index (Phi) is 10.8. The number of rotatable bonds is 7. The molecule has 3 N–H and O–H groups in total. The van der Waals surface area contributed by atoms with Gasteiger partial charge in [-0.05, 0) is 37.4 Å². The van der Waals surface area contributed by atoms with Crippen LogP contribution in [-0.4, -0.2) is 39.2 Å². The molecule has 1 heterocycles. The molecule has 1 aromatic rings. The van der Waals surface area contributed by atoms with Crippen molar-refractivity contribution in [3.8, 4) is 5.75 Å². The van der Waals surface area contributed by atoms with Gasteiger partial charge in [-0.1, -0.05) is 12.1 Å². The van der Waals surface area contributed by atoms with E-state index in [-0.39, 0.29) is 30.7 Å². The van der Waals surface area contributed by atoms with Gasteiger partial charge in [-0.25, -0.2) is 0 Å². The number of methoxy groups -OCH3 is 1. The first kappa shape index (κ1) is 21.8. The molecular weight excluding hydrogens is 337 g/mol. The zero-order chi connectivity index (χ0) is 15.1. The van der Waals surface area contributed by atoms with Gasteiger partial charge in [0, 0.05) is 26.1 Å². The number of carbonyl (C=O) groups excluding carboxylic acids is 1. The van der Waals surface area contributed by atoms with Gasteiger partial charge in [-0.2, -0.15) is 0 Å². The molecule has 5 nitrogen and oxygen atoms in total. The smallest absolute Gasteiger partial charge is 0.220 e. The zero-order valence-corrected chi connectivity index (χ0v) is 15.1. The van der Waals surface area contributed by atoms with Crippen molar-refractivity contribution in [2.75, 3.05) is 38.2 Å². The Morgan fingerprint density at radius 2 is 2.13 bits per heavy atom. The molecule has 132 valence electrons. The number of carbonyl (C=O) groups is 1.